The van der Waals surface area contributed by atoms with Crippen LogP contribution in [-0.4, -0.2) is 23.8 Å². The Bertz CT molecular complexity index is 213. The minimum atomic E-state index is -0.145. The minimum Gasteiger partial charge on any atom is -0.462 e. The first kappa shape index (κ1) is 11.2. The maximum atomic E-state index is 11.2. The van der Waals surface area contributed by atoms with Crippen LogP contribution in [0.25, 0.3) is 0 Å². The summed E-state index contributed by atoms with van der Waals surface area (Å²) in [5.74, 6) is 0.322. The van der Waals surface area contributed by atoms with Crippen LogP contribution in [0.3, 0.4) is 0 Å². The number of rotatable bonds is 4. The van der Waals surface area contributed by atoms with E-state index in [4.69, 9.17) is 9.84 Å². The second kappa shape index (κ2) is 5.15. The van der Waals surface area contributed by atoms with Crippen molar-refractivity contribution in [1.29, 1.82) is 0 Å². The first-order chi connectivity index (χ1) is 6.67. The van der Waals surface area contributed by atoms with Gasteiger partial charge in [0.1, 0.15) is 6.10 Å². The molecule has 0 aromatic heterocycles. The lowest BCUT2D eigenvalue weighted by molar-refractivity contribution is -0.159. The molecule has 0 aliphatic carbocycles. The molecule has 14 heavy (non-hydrogen) atoms. The van der Waals surface area contributed by atoms with Crippen LogP contribution in [0.2, 0.25) is 0 Å². The van der Waals surface area contributed by atoms with Crippen molar-refractivity contribution in [3.8, 4) is 0 Å². The predicted octanol–water partition coefficient (Wildman–Crippen LogP) is 1.51. The molecule has 0 saturated carbocycles. The molecule has 1 heterocycles. The first-order valence-electron chi connectivity index (χ1n) is 5.10. The first-order valence-corrected chi connectivity index (χ1v) is 5.10. The number of aliphatic hydroxyl groups excluding tert-OH is 1. The van der Waals surface area contributed by atoms with Crippen LogP contribution < -0.4 is 0 Å². The van der Waals surface area contributed by atoms with Crippen LogP contribution >= 0.6 is 0 Å². The number of ether oxygens (including phenoxy) is 1. The number of hydrogen-bond acceptors (Lipinski definition) is 3. The van der Waals surface area contributed by atoms with Crippen LogP contribution in [0.1, 0.15) is 26.2 Å². The fraction of sp³-hybridized carbons (Fsp3) is 0.727. The third-order valence-electron chi connectivity index (χ3n) is 2.80. The molecule has 1 N–H and O–H groups in total. The van der Waals surface area contributed by atoms with Gasteiger partial charge in [0.15, 0.2) is 0 Å². The zero-order chi connectivity index (χ0) is 10.6. The molecule has 0 bridgehead atoms. The van der Waals surface area contributed by atoms with E-state index in [9.17, 15) is 4.79 Å². The summed E-state index contributed by atoms with van der Waals surface area (Å²) in [7, 11) is 0. The molecule has 1 saturated heterocycles. The second-order valence-corrected chi connectivity index (χ2v) is 3.94. The van der Waals surface area contributed by atoms with Crippen LogP contribution in [0.5, 0.6) is 0 Å². The summed E-state index contributed by atoms with van der Waals surface area (Å²) < 4.78 is 5.22. The summed E-state index contributed by atoms with van der Waals surface area (Å²) in [6.07, 6.45) is 3.74. The summed E-state index contributed by atoms with van der Waals surface area (Å²) >= 11 is 0. The van der Waals surface area contributed by atoms with E-state index in [1.165, 1.54) is 0 Å². The van der Waals surface area contributed by atoms with Gasteiger partial charge in [0, 0.05) is 18.9 Å². The average molecular weight is 198 g/mol. The molecule has 3 atom stereocenters. The van der Waals surface area contributed by atoms with Crippen molar-refractivity contribution in [2.75, 3.05) is 6.61 Å². The van der Waals surface area contributed by atoms with Gasteiger partial charge in [-0.15, -0.1) is 6.58 Å². The van der Waals surface area contributed by atoms with Gasteiger partial charge in [-0.3, -0.25) is 4.79 Å². The lowest BCUT2D eigenvalue weighted by Gasteiger charge is -2.31. The second-order valence-electron chi connectivity index (χ2n) is 3.94. The summed E-state index contributed by atoms with van der Waals surface area (Å²) in [6.45, 7) is 5.83. The Morgan fingerprint density at radius 1 is 1.79 bits per heavy atom. The molecule has 0 spiro atoms. The molecule has 0 amide bonds. The molecule has 3 heteroatoms. The summed E-state index contributed by atoms with van der Waals surface area (Å²) in [5.41, 5.74) is 0. The molecule has 1 rings (SSSR count). The van der Waals surface area contributed by atoms with Gasteiger partial charge < -0.3 is 9.84 Å². The number of esters is 1. The molecular formula is C11H18O3. The Hall–Kier alpha value is -0.830. The highest BCUT2D eigenvalue weighted by Crippen LogP contribution is 2.28. The molecule has 0 unspecified atom stereocenters. The number of carbonyl (C=O) groups excluding carboxylic acids is 1. The molecular weight excluding hydrogens is 180 g/mol. The predicted molar refractivity (Wildman–Crippen MR) is 53.7 cm³/mol. The van der Waals surface area contributed by atoms with Crippen molar-refractivity contribution in [2.24, 2.45) is 11.8 Å². The maximum Gasteiger partial charge on any atom is 0.306 e. The van der Waals surface area contributed by atoms with Gasteiger partial charge in [0.2, 0.25) is 0 Å². The molecule has 1 aliphatic rings. The summed E-state index contributed by atoms with van der Waals surface area (Å²) in [6, 6.07) is 0. The maximum absolute atomic E-state index is 11.2. The molecule has 0 aromatic rings. The van der Waals surface area contributed by atoms with Crippen molar-refractivity contribution in [2.45, 2.75) is 32.3 Å². The van der Waals surface area contributed by atoms with Crippen LogP contribution in [0, 0.1) is 11.8 Å². The summed E-state index contributed by atoms with van der Waals surface area (Å²) in [4.78, 5) is 11.2. The van der Waals surface area contributed by atoms with Gasteiger partial charge in [0.05, 0.1) is 0 Å². The molecule has 1 fully saturated rings. The van der Waals surface area contributed by atoms with Crippen molar-refractivity contribution in [3.63, 3.8) is 0 Å². The smallest absolute Gasteiger partial charge is 0.306 e. The Morgan fingerprint density at radius 3 is 3.07 bits per heavy atom. The Kier molecular flexibility index (Phi) is 4.14. The van der Waals surface area contributed by atoms with Gasteiger partial charge in [-0.2, -0.15) is 0 Å². The van der Waals surface area contributed by atoms with E-state index in [0.29, 0.717) is 12.8 Å². The van der Waals surface area contributed by atoms with E-state index in [1.807, 2.05) is 6.92 Å². The number of carbonyl (C=O) groups is 1. The Labute approximate surface area is 84.8 Å². The fourth-order valence-corrected chi connectivity index (χ4v) is 1.79. The molecule has 1 aliphatic heterocycles. The monoisotopic (exact) mass is 198 g/mol. The zero-order valence-corrected chi connectivity index (χ0v) is 8.61. The normalized spacial score (nSPS) is 29.4. The van der Waals surface area contributed by atoms with E-state index in [1.54, 1.807) is 6.08 Å². The fourth-order valence-electron chi connectivity index (χ4n) is 1.79. The zero-order valence-electron chi connectivity index (χ0n) is 8.61. The topological polar surface area (TPSA) is 46.5 Å². The van der Waals surface area contributed by atoms with Crippen LogP contribution in [0.4, 0.5) is 0 Å². The van der Waals surface area contributed by atoms with Gasteiger partial charge >= 0.3 is 5.97 Å². The van der Waals surface area contributed by atoms with Crippen molar-refractivity contribution in [3.05, 3.63) is 12.7 Å². The SMILES string of the molecule is C=C[C@@H](C)[C@H]1C[C@@H](CCO)CC(=O)O1. The number of cyclic esters (lactones) is 1. The highest BCUT2D eigenvalue weighted by Gasteiger charge is 2.30. The van der Waals surface area contributed by atoms with Crippen molar-refractivity contribution >= 4 is 5.97 Å². The number of aliphatic hydroxyl groups is 1. The van der Waals surface area contributed by atoms with E-state index < -0.39 is 0 Å². The largest absolute Gasteiger partial charge is 0.462 e. The lowest BCUT2D eigenvalue weighted by atomic mass is 9.87. The standard InChI is InChI=1S/C11H18O3/c1-3-8(2)10-6-9(4-5-12)7-11(13)14-10/h3,8-10,12H,1,4-7H2,2H3/t8-,9-,10-/m1/s1. The molecule has 3 nitrogen and oxygen atoms in total. The molecule has 0 aromatic carbocycles. The quantitative estimate of drug-likeness (QED) is 0.550. The van der Waals surface area contributed by atoms with Crippen LogP contribution in [-0.2, 0) is 9.53 Å². The van der Waals surface area contributed by atoms with Crippen molar-refractivity contribution in [1.82, 2.24) is 0 Å². The third kappa shape index (κ3) is 2.84. The summed E-state index contributed by atoms with van der Waals surface area (Å²) in [5, 5.41) is 8.81. The van der Waals surface area contributed by atoms with Gasteiger partial charge in [-0.25, -0.2) is 0 Å². The molecule has 80 valence electrons. The minimum absolute atomic E-state index is 0.0506. The number of hydrogen-bond donors (Lipinski definition) is 1. The van der Waals surface area contributed by atoms with Gasteiger partial charge in [0.25, 0.3) is 0 Å². The highest BCUT2D eigenvalue weighted by molar-refractivity contribution is 5.70. The van der Waals surface area contributed by atoms with E-state index in [2.05, 4.69) is 6.58 Å². The Morgan fingerprint density at radius 2 is 2.50 bits per heavy atom. The van der Waals surface area contributed by atoms with Crippen molar-refractivity contribution < 1.29 is 14.6 Å². The van der Waals surface area contributed by atoms with Gasteiger partial charge in [-0.05, 0) is 18.8 Å². The molecule has 0 radical (unpaired) electrons. The van der Waals surface area contributed by atoms with E-state index in [-0.39, 0.29) is 30.5 Å². The van der Waals surface area contributed by atoms with E-state index >= 15 is 0 Å². The lowest BCUT2D eigenvalue weighted by Crippen LogP contribution is -2.33. The van der Waals surface area contributed by atoms with Gasteiger partial charge in [-0.1, -0.05) is 13.0 Å². The third-order valence-corrected chi connectivity index (χ3v) is 2.80. The van der Waals surface area contributed by atoms with Crippen LogP contribution in [0.15, 0.2) is 12.7 Å². The highest BCUT2D eigenvalue weighted by atomic mass is 16.5. The Balaban J connectivity index is 2.53. The van der Waals surface area contributed by atoms with E-state index in [0.717, 1.165) is 6.42 Å². The average Bonchev–Trinajstić information content (AvgIpc) is 2.16.